The van der Waals surface area contributed by atoms with Gasteiger partial charge in [-0.3, -0.25) is 47.9 Å². The number of rotatable bonds is 4. The summed E-state index contributed by atoms with van der Waals surface area (Å²) in [5, 5.41) is 95.5. The first-order valence-electron chi connectivity index (χ1n) is 28.5. The third kappa shape index (κ3) is 42.7. The molecule has 0 spiro atoms. The lowest BCUT2D eigenvalue weighted by atomic mass is 9.81. The van der Waals surface area contributed by atoms with Crippen molar-refractivity contribution in [2.45, 2.75) is 293 Å². The molecule has 5 aliphatic heterocycles. The molecule has 0 atom stereocenters. The molecule has 87 heavy (non-hydrogen) atoms. The molecule has 15 N–H and O–H groups in total. The Bertz CT molecular complexity index is 1730. The predicted molar refractivity (Wildman–Crippen MR) is 328 cm³/mol. The van der Waals surface area contributed by atoms with E-state index in [-0.39, 0.29) is 28.9 Å². The van der Waals surface area contributed by atoms with Crippen LogP contribution < -0.4 is 16.8 Å². The highest BCUT2D eigenvalue weighted by atomic mass is 16.5. The van der Waals surface area contributed by atoms with E-state index in [0.29, 0.717) is 77.3 Å². The average Bonchev–Trinajstić information content (AvgIpc) is 3.24. The normalized spacial score (nSPS) is 22.1. The molecule has 0 radical (unpaired) electrons. The van der Waals surface area contributed by atoms with Crippen LogP contribution in [0.3, 0.4) is 0 Å². The molecule has 5 aliphatic rings. The maximum atomic E-state index is 11.3. The van der Waals surface area contributed by atoms with Gasteiger partial charge in [-0.1, -0.05) is 0 Å². The number of aliphatic carboxylic acids is 5. The molecule has 0 amide bonds. The maximum Gasteiger partial charge on any atom is 0.300 e. The number of Topliss-reactive ketones (excluding diaryl/α,β-unsaturated/α-hetero) is 5. The molecule has 5 heterocycles. The molecule has 28 heteroatoms. The number of hydrogen-bond donors (Lipinski definition) is 13. The summed E-state index contributed by atoms with van der Waals surface area (Å²) in [5.41, 5.74) is 6.15. The Morgan fingerprint density at radius 2 is 0.379 bits per heavy atom. The summed E-state index contributed by atoms with van der Waals surface area (Å²) in [5.74, 6) is -3.01. The Morgan fingerprint density at radius 1 is 0.299 bits per heavy atom. The van der Waals surface area contributed by atoms with Crippen LogP contribution in [0.4, 0.5) is 0 Å². The minimum Gasteiger partial charge on any atom is -0.481 e. The van der Waals surface area contributed by atoms with Crippen molar-refractivity contribution in [3.63, 3.8) is 0 Å². The van der Waals surface area contributed by atoms with Crippen molar-refractivity contribution >= 4 is 58.8 Å². The van der Waals surface area contributed by atoms with Crippen molar-refractivity contribution in [1.29, 1.82) is 0 Å². The molecule has 514 valence electrons. The topological polar surface area (TPSA) is 453 Å². The third-order valence-corrected chi connectivity index (χ3v) is 12.7. The summed E-state index contributed by atoms with van der Waals surface area (Å²) in [7, 11) is 0. The first-order valence-corrected chi connectivity index (χ1v) is 28.5. The van der Waals surface area contributed by atoms with Gasteiger partial charge in [0.1, 0.15) is 28.9 Å². The third-order valence-electron chi connectivity index (χ3n) is 12.7. The summed E-state index contributed by atoms with van der Waals surface area (Å²) >= 11 is 0. The van der Waals surface area contributed by atoms with Crippen LogP contribution in [0.2, 0.25) is 0 Å². The first-order chi connectivity index (χ1) is 38.4. The summed E-state index contributed by atoms with van der Waals surface area (Å²) in [4.78, 5) is 102. The first kappa shape index (κ1) is 93.3. The highest BCUT2D eigenvalue weighted by Crippen LogP contribution is 2.38. The van der Waals surface area contributed by atoms with Crippen molar-refractivity contribution in [3.05, 3.63) is 0 Å². The zero-order valence-electron chi connectivity index (χ0n) is 57.3. The van der Waals surface area contributed by atoms with Gasteiger partial charge in [-0.05, 0) is 138 Å². The van der Waals surface area contributed by atoms with E-state index < -0.39 is 85.2 Å². The second-order valence-corrected chi connectivity index (χ2v) is 28.1. The van der Waals surface area contributed by atoms with Crippen LogP contribution in [0.25, 0.3) is 0 Å². The van der Waals surface area contributed by atoms with Gasteiger partial charge >= 0.3 is 0 Å². The van der Waals surface area contributed by atoms with Gasteiger partial charge in [-0.2, -0.15) is 25.3 Å². The van der Waals surface area contributed by atoms with E-state index in [2.05, 4.69) is 5.32 Å². The van der Waals surface area contributed by atoms with Gasteiger partial charge in [0, 0.05) is 180 Å². The number of piperidine rings is 5. The highest BCUT2D eigenvalue weighted by Gasteiger charge is 2.48. The van der Waals surface area contributed by atoms with Gasteiger partial charge in [0.15, 0.2) is 0 Å². The van der Waals surface area contributed by atoms with E-state index in [4.69, 9.17) is 61.0 Å². The van der Waals surface area contributed by atoms with Gasteiger partial charge in [0.25, 0.3) is 29.8 Å². The lowest BCUT2D eigenvalue weighted by molar-refractivity contribution is -0.237. The molecule has 0 aromatic rings. The SMILES string of the molecule is CC(=O)O.CC(=O)O.CC(=O)O.CC(=O)O.CC(=O)O.CC1(C)CC(=O)CC(C)(C)N1O.CC1(C)CC(=O)CC(C)(C)N1O.CC1(C)CC(=O)CC(C)(C)N1O.CC1(C)CC(=O)CC(C)(C)N1O.CC1(C)CC(=O)CC(C)(C)N1O.NCCNCCN. The Balaban J connectivity index is -0.000000214. The molecule has 5 rings (SSSR count). The van der Waals surface area contributed by atoms with Crippen molar-refractivity contribution in [1.82, 2.24) is 30.6 Å². The van der Waals surface area contributed by atoms with E-state index in [1.54, 1.807) is 0 Å². The van der Waals surface area contributed by atoms with Crippen LogP contribution in [-0.4, -0.2) is 217 Å². The largest absolute Gasteiger partial charge is 0.481 e. The zero-order chi connectivity index (χ0) is 71.3. The fraction of sp³-hybridized carbons (Fsp3) is 0.831. The number of ketones is 5. The molecule has 0 bridgehead atoms. The second kappa shape index (κ2) is 39.3. The molecule has 5 fully saturated rings. The lowest BCUT2D eigenvalue weighted by Gasteiger charge is -2.47. The number of hydroxylamine groups is 10. The fourth-order valence-corrected chi connectivity index (χ4v) is 10.3. The van der Waals surface area contributed by atoms with E-state index >= 15 is 0 Å². The van der Waals surface area contributed by atoms with Crippen LogP contribution >= 0.6 is 0 Å². The second-order valence-electron chi connectivity index (χ2n) is 28.1. The fourth-order valence-electron chi connectivity index (χ4n) is 10.3. The standard InChI is InChI=1S/5C9H17NO2.C4H13N3.5C2H4O2/c5*1-8(2)5-7(11)6-9(3,4)10(8)12;5-1-3-7-4-2-6;5*1-2(3)4/h5*12H,5-6H2,1-4H3;7H,1-6H2;5*1H3,(H,3,4). The summed E-state index contributed by atoms with van der Waals surface area (Å²) < 4.78 is 0. The Hall–Kier alpha value is -4.82. The molecule has 5 saturated heterocycles. The van der Waals surface area contributed by atoms with E-state index in [0.717, 1.165) is 47.7 Å². The van der Waals surface area contributed by atoms with Crippen LogP contribution in [0.15, 0.2) is 0 Å². The number of carboxylic acid groups (broad SMARTS) is 5. The van der Waals surface area contributed by atoms with Crippen molar-refractivity contribution in [2.24, 2.45) is 11.5 Å². The number of carboxylic acids is 5. The Kier molecular flexibility index (Phi) is 42.2. The number of hydrogen-bond acceptors (Lipinski definition) is 23. The van der Waals surface area contributed by atoms with Crippen molar-refractivity contribution < 1.29 is 99.5 Å². The molecule has 0 aromatic carbocycles. The van der Waals surface area contributed by atoms with E-state index in [1.807, 2.05) is 138 Å². The number of nitrogens with two attached hydrogens (primary N) is 2. The van der Waals surface area contributed by atoms with Gasteiger partial charge < -0.3 is 68.4 Å². The Labute approximate surface area is 517 Å². The van der Waals surface area contributed by atoms with Gasteiger partial charge in [0.2, 0.25) is 0 Å². The van der Waals surface area contributed by atoms with E-state index in [9.17, 15) is 50.0 Å². The molecule has 0 unspecified atom stereocenters. The minimum atomic E-state index is -0.833. The van der Waals surface area contributed by atoms with Gasteiger partial charge in [-0.15, -0.1) is 0 Å². The van der Waals surface area contributed by atoms with Gasteiger partial charge in [-0.25, -0.2) is 0 Å². The van der Waals surface area contributed by atoms with Crippen molar-refractivity contribution in [3.8, 4) is 0 Å². The van der Waals surface area contributed by atoms with Crippen LogP contribution in [0.1, 0.15) is 237 Å². The number of carbonyl (C=O) groups is 10. The number of nitrogens with zero attached hydrogens (tertiary/aromatic N) is 5. The smallest absolute Gasteiger partial charge is 0.300 e. The highest BCUT2D eigenvalue weighted by molar-refractivity contribution is 5.83. The van der Waals surface area contributed by atoms with Crippen molar-refractivity contribution in [2.75, 3.05) is 26.2 Å². The quantitative estimate of drug-likeness (QED) is 0.127. The minimum absolute atomic E-state index is 0.232. The number of carbonyl (C=O) groups excluding carboxylic acids is 5. The summed E-state index contributed by atoms with van der Waals surface area (Å²) in [6.07, 6.45) is 4.37. The predicted octanol–water partition coefficient (Wildman–Crippen LogP) is 6.94. The lowest BCUT2D eigenvalue weighted by Crippen LogP contribution is -2.59. The molecule has 28 nitrogen and oxygen atoms in total. The monoisotopic (exact) mass is 1260 g/mol. The maximum absolute atomic E-state index is 11.3. The van der Waals surface area contributed by atoms with Crippen LogP contribution in [0.5, 0.6) is 0 Å². The zero-order valence-corrected chi connectivity index (χ0v) is 57.3. The number of nitrogens with one attached hydrogen (secondary N) is 1. The van der Waals surface area contributed by atoms with E-state index in [1.165, 1.54) is 25.3 Å². The summed E-state index contributed by atoms with van der Waals surface area (Å²) in [6, 6.07) is 0. The molecular formula is C59H118N8O20. The Morgan fingerprint density at radius 3 is 0.448 bits per heavy atom. The molecule has 0 saturated carbocycles. The molecular weight excluding hydrogens is 1140 g/mol. The summed E-state index contributed by atoms with van der Waals surface area (Å²) in [6.45, 7) is 46.2. The average molecular weight is 1260 g/mol. The molecule has 0 aliphatic carbocycles. The molecule has 0 aromatic heterocycles. The van der Waals surface area contributed by atoms with Crippen LogP contribution in [0, 0.1) is 0 Å². The van der Waals surface area contributed by atoms with Crippen LogP contribution in [-0.2, 0) is 47.9 Å². The van der Waals surface area contributed by atoms with Gasteiger partial charge in [0.05, 0.1) is 0 Å².